The van der Waals surface area contributed by atoms with E-state index in [-0.39, 0.29) is 5.91 Å². The van der Waals surface area contributed by atoms with Crippen LogP contribution < -0.4 is 14.9 Å². The molecule has 1 aliphatic heterocycles. The third kappa shape index (κ3) is 4.00. The van der Waals surface area contributed by atoms with Crippen molar-refractivity contribution in [1.29, 1.82) is 0 Å². The molecule has 1 fully saturated rings. The Balaban J connectivity index is 1.81. The lowest BCUT2D eigenvalue weighted by Gasteiger charge is -2.16. The number of methoxy groups -OCH3 is 1. The van der Waals surface area contributed by atoms with Crippen LogP contribution in [-0.2, 0) is 4.79 Å². The Kier molecular flexibility index (Phi) is 5.80. The van der Waals surface area contributed by atoms with E-state index >= 15 is 0 Å². The molecular weight excluding hydrogens is 368 g/mol. The summed E-state index contributed by atoms with van der Waals surface area (Å²) in [6, 6.07) is 15.0. The summed E-state index contributed by atoms with van der Waals surface area (Å²) in [5.74, 6) is 1.11. The number of anilines is 1. The number of hydrazine groups is 1. The number of nitrogens with one attached hydrogen (secondary N) is 1. The maximum Gasteiger partial charge on any atom is 0.285 e. The molecule has 0 bridgehead atoms. The van der Waals surface area contributed by atoms with Crippen LogP contribution >= 0.6 is 24.0 Å². The number of nitrogens with zero attached hydrogens (tertiary/aromatic N) is 1. The van der Waals surface area contributed by atoms with Gasteiger partial charge < -0.3 is 9.47 Å². The summed E-state index contributed by atoms with van der Waals surface area (Å²) in [6.45, 7) is 2.47. The number of hydrogen-bond donors (Lipinski definition) is 1. The third-order valence-electron chi connectivity index (χ3n) is 3.59. The van der Waals surface area contributed by atoms with Crippen LogP contribution in [0.2, 0.25) is 0 Å². The number of rotatable bonds is 6. The average Bonchev–Trinajstić information content (AvgIpc) is 2.91. The molecule has 0 aromatic heterocycles. The maximum absolute atomic E-state index is 12.7. The van der Waals surface area contributed by atoms with Gasteiger partial charge in [0, 0.05) is 0 Å². The van der Waals surface area contributed by atoms with Crippen LogP contribution in [-0.4, -0.2) is 29.0 Å². The summed E-state index contributed by atoms with van der Waals surface area (Å²) >= 11 is 6.59. The van der Waals surface area contributed by atoms with Gasteiger partial charge in [-0.15, -0.1) is 0 Å². The van der Waals surface area contributed by atoms with Crippen LogP contribution in [0.3, 0.4) is 0 Å². The third-order valence-corrected chi connectivity index (χ3v) is 4.90. The van der Waals surface area contributed by atoms with Gasteiger partial charge in [0.15, 0.2) is 15.8 Å². The van der Waals surface area contributed by atoms with E-state index in [1.54, 1.807) is 13.2 Å². The van der Waals surface area contributed by atoms with Crippen molar-refractivity contribution in [2.45, 2.75) is 6.92 Å². The highest BCUT2D eigenvalue weighted by atomic mass is 32.2. The molecule has 1 amide bonds. The van der Waals surface area contributed by atoms with Gasteiger partial charge >= 0.3 is 0 Å². The predicted molar refractivity (Wildman–Crippen MR) is 109 cm³/mol. The molecule has 0 atom stereocenters. The number of carbonyl (C=O) groups excluding carboxylic acids is 1. The molecule has 1 heterocycles. The molecular formula is C19H18N2O3S2. The molecule has 1 N–H and O–H groups in total. The van der Waals surface area contributed by atoms with Crippen LogP contribution in [0.5, 0.6) is 11.5 Å². The summed E-state index contributed by atoms with van der Waals surface area (Å²) in [4.78, 5) is 13.2. The fraction of sp³-hybridized carbons (Fsp3) is 0.158. The smallest absolute Gasteiger partial charge is 0.285 e. The fourth-order valence-corrected chi connectivity index (χ4v) is 3.59. The number of thioether (sulfide) groups is 1. The summed E-state index contributed by atoms with van der Waals surface area (Å²) < 4.78 is 11.3. The quantitative estimate of drug-likeness (QED) is 0.589. The van der Waals surface area contributed by atoms with Crippen molar-refractivity contribution >= 4 is 46.0 Å². The molecule has 2 aromatic carbocycles. The minimum Gasteiger partial charge on any atom is -0.493 e. The van der Waals surface area contributed by atoms with Gasteiger partial charge in [0.2, 0.25) is 0 Å². The Bertz CT molecular complexity index is 853. The Morgan fingerprint density at radius 3 is 2.65 bits per heavy atom. The van der Waals surface area contributed by atoms with Crippen LogP contribution in [0, 0.1) is 0 Å². The van der Waals surface area contributed by atoms with E-state index in [2.05, 4.69) is 5.43 Å². The van der Waals surface area contributed by atoms with Crippen molar-refractivity contribution in [2.24, 2.45) is 0 Å². The first-order valence-corrected chi connectivity index (χ1v) is 9.25. The highest BCUT2D eigenvalue weighted by Crippen LogP contribution is 2.34. The normalized spacial score (nSPS) is 15.5. The van der Waals surface area contributed by atoms with E-state index in [4.69, 9.17) is 21.7 Å². The van der Waals surface area contributed by atoms with E-state index in [0.717, 1.165) is 11.3 Å². The molecule has 3 rings (SSSR count). The van der Waals surface area contributed by atoms with Gasteiger partial charge in [0.1, 0.15) is 0 Å². The first kappa shape index (κ1) is 18.3. The SMILES string of the molecule is CCOc1ccc(/C=C2/SC(=S)N(Nc3ccccc3)C2=O)cc1OC. The van der Waals surface area contributed by atoms with Crippen molar-refractivity contribution in [3.63, 3.8) is 0 Å². The zero-order chi connectivity index (χ0) is 18.5. The molecule has 0 aliphatic carbocycles. The van der Waals surface area contributed by atoms with Crippen LogP contribution in [0.1, 0.15) is 12.5 Å². The number of carbonyl (C=O) groups is 1. The van der Waals surface area contributed by atoms with Gasteiger partial charge in [-0.3, -0.25) is 10.2 Å². The molecule has 0 spiro atoms. The summed E-state index contributed by atoms with van der Waals surface area (Å²) in [5, 5.41) is 1.38. The Morgan fingerprint density at radius 1 is 1.19 bits per heavy atom. The summed E-state index contributed by atoms with van der Waals surface area (Å²) in [6.07, 6.45) is 1.80. The van der Waals surface area contributed by atoms with Gasteiger partial charge in [-0.25, -0.2) is 5.01 Å². The molecule has 2 aromatic rings. The molecule has 26 heavy (non-hydrogen) atoms. The molecule has 5 nitrogen and oxygen atoms in total. The Labute approximate surface area is 161 Å². The number of para-hydroxylation sites is 1. The second kappa shape index (κ2) is 8.25. The number of thiocarbonyl (C=S) groups is 1. The molecule has 0 saturated carbocycles. The van der Waals surface area contributed by atoms with Crippen molar-refractivity contribution in [1.82, 2.24) is 5.01 Å². The number of amides is 1. The fourth-order valence-electron chi connectivity index (χ4n) is 2.41. The molecule has 134 valence electrons. The average molecular weight is 386 g/mol. The topological polar surface area (TPSA) is 50.8 Å². The minimum atomic E-state index is -0.184. The first-order chi connectivity index (χ1) is 12.6. The lowest BCUT2D eigenvalue weighted by atomic mass is 10.2. The van der Waals surface area contributed by atoms with Gasteiger partial charge in [0.25, 0.3) is 5.91 Å². The summed E-state index contributed by atoms with van der Waals surface area (Å²) in [7, 11) is 1.59. The van der Waals surface area contributed by atoms with Crippen LogP contribution in [0.25, 0.3) is 6.08 Å². The van der Waals surface area contributed by atoms with E-state index < -0.39 is 0 Å². The molecule has 7 heteroatoms. The van der Waals surface area contributed by atoms with Crippen molar-refractivity contribution < 1.29 is 14.3 Å². The van der Waals surface area contributed by atoms with E-state index in [0.29, 0.717) is 27.3 Å². The molecule has 1 saturated heterocycles. The van der Waals surface area contributed by atoms with Gasteiger partial charge in [-0.05, 0) is 55.0 Å². The molecule has 0 unspecified atom stereocenters. The first-order valence-electron chi connectivity index (χ1n) is 8.03. The lowest BCUT2D eigenvalue weighted by Crippen LogP contribution is -2.33. The van der Waals surface area contributed by atoms with E-state index in [1.807, 2.05) is 55.5 Å². The highest BCUT2D eigenvalue weighted by molar-refractivity contribution is 8.26. The van der Waals surface area contributed by atoms with Crippen molar-refractivity contribution in [3.05, 3.63) is 59.0 Å². The Hall–Kier alpha value is -2.51. The largest absolute Gasteiger partial charge is 0.493 e. The van der Waals surface area contributed by atoms with Gasteiger partial charge in [-0.1, -0.05) is 36.0 Å². The monoisotopic (exact) mass is 386 g/mol. The van der Waals surface area contributed by atoms with Crippen LogP contribution in [0.15, 0.2) is 53.4 Å². The minimum absolute atomic E-state index is 0.184. The number of ether oxygens (including phenoxy) is 2. The number of benzene rings is 2. The standard InChI is InChI=1S/C19H18N2O3S2/c1-3-24-15-10-9-13(11-16(15)23-2)12-17-18(22)21(19(25)26-17)20-14-7-5-4-6-8-14/h4-12,20H,3H2,1-2H3/b17-12+. The zero-order valence-corrected chi connectivity index (χ0v) is 16.0. The maximum atomic E-state index is 12.7. The number of hydrogen-bond acceptors (Lipinski definition) is 6. The van der Waals surface area contributed by atoms with Crippen molar-refractivity contribution in [3.8, 4) is 11.5 Å². The van der Waals surface area contributed by atoms with E-state index in [1.165, 1.54) is 16.8 Å². The summed E-state index contributed by atoms with van der Waals surface area (Å²) in [5.41, 5.74) is 4.68. The highest BCUT2D eigenvalue weighted by Gasteiger charge is 2.32. The zero-order valence-electron chi connectivity index (χ0n) is 14.4. The molecule has 0 radical (unpaired) electrons. The van der Waals surface area contributed by atoms with Gasteiger partial charge in [0.05, 0.1) is 24.3 Å². The Morgan fingerprint density at radius 2 is 1.96 bits per heavy atom. The van der Waals surface area contributed by atoms with E-state index in [9.17, 15) is 4.79 Å². The second-order valence-corrected chi connectivity index (χ2v) is 7.01. The van der Waals surface area contributed by atoms with Crippen molar-refractivity contribution in [2.75, 3.05) is 19.1 Å². The molecule has 1 aliphatic rings. The second-order valence-electron chi connectivity index (χ2n) is 5.34. The van der Waals surface area contributed by atoms with Crippen LogP contribution in [0.4, 0.5) is 5.69 Å². The van der Waals surface area contributed by atoms with Gasteiger partial charge in [-0.2, -0.15) is 0 Å². The predicted octanol–water partition coefficient (Wildman–Crippen LogP) is 4.32. The lowest BCUT2D eigenvalue weighted by molar-refractivity contribution is -0.121.